The summed E-state index contributed by atoms with van der Waals surface area (Å²) in [6, 6.07) is 22.3. The van der Waals surface area contributed by atoms with E-state index in [0.717, 1.165) is 33.8 Å². The number of aryl methyl sites for hydroxylation is 2. The van der Waals surface area contributed by atoms with E-state index in [0.29, 0.717) is 23.4 Å². The third-order valence-electron chi connectivity index (χ3n) is 6.36. The van der Waals surface area contributed by atoms with Crippen molar-refractivity contribution in [1.29, 1.82) is 0 Å². The summed E-state index contributed by atoms with van der Waals surface area (Å²) in [4.78, 5) is 25.4. The molecule has 1 heterocycles. The van der Waals surface area contributed by atoms with Crippen LogP contribution in [-0.4, -0.2) is 26.7 Å². The number of rotatable bonds is 11. The van der Waals surface area contributed by atoms with Gasteiger partial charge in [0.15, 0.2) is 12.4 Å². The van der Waals surface area contributed by atoms with Crippen molar-refractivity contribution in [2.24, 2.45) is 0 Å². The number of aromatic nitrogens is 1. The zero-order valence-corrected chi connectivity index (χ0v) is 24.7. The summed E-state index contributed by atoms with van der Waals surface area (Å²) in [6.07, 6.45) is 4.71. The van der Waals surface area contributed by atoms with E-state index in [1.54, 1.807) is 19.1 Å². The molecule has 0 radical (unpaired) electrons. The molecule has 0 spiro atoms. The molecule has 0 bridgehead atoms. The minimum absolute atomic E-state index is 0.204. The second kappa shape index (κ2) is 13.6. The molecule has 2 amide bonds. The zero-order chi connectivity index (χ0) is 28.6. The van der Waals surface area contributed by atoms with Crippen LogP contribution in [0.2, 0.25) is 0 Å². The lowest BCUT2D eigenvalue weighted by Gasteiger charge is -2.28. The van der Waals surface area contributed by atoms with E-state index in [2.05, 4.69) is 33.5 Å². The average molecular weight is 625 g/mol. The number of nitrogens with one attached hydrogen (secondary N) is 2. The van der Waals surface area contributed by atoms with Crippen LogP contribution in [0.15, 0.2) is 89.7 Å². The monoisotopic (exact) mass is 623 g/mol. The van der Waals surface area contributed by atoms with Crippen LogP contribution in [-0.2, 0) is 29.0 Å². The summed E-state index contributed by atoms with van der Waals surface area (Å²) < 4.78 is 26.2. The Morgan fingerprint density at radius 1 is 1.02 bits per heavy atom. The minimum atomic E-state index is -2.33. The number of benzene rings is 3. The molecule has 1 aromatic heterocycles. The van der Waals surface area contributed by atoms with Gasteiger partial charge in [0, 0.05) is 18.5 Å². The zero-order valence-electron chi connectivity index (χ0n) is 22.3. The molecule has 4 rings (SSSR count). The lowest BCUT2D eigenvalue weighted by atomic mass is 10.1. The fraction of sp³-hybridized carbons (Fsp3) is 0.233. The highest BCUT2D eigenvalue weighted by atomic mass is 79.9. The molecular weight excluding hydrogens is 592 g/mol. The number of pyridine rings is 1. The molecule has 4 aromatic rings. The van der Waals surface area contributed by atoms with Gasteiger partial charge in [-0.05, 0) is 75.9 Å². The highest BCUT2D eigenvalue weighted by molar-refractivity contribution is 9.10. The second-order valence-corrected chi connectivity index (χ2v) is 11.2. The van der Waals surface area contributed by atoms with Gasteiger partial charge < -0.3 is 10.6 Å². The van der Waals surface area contributed by atoms with E-state index in [-0.39, 0.29) is 18.2 Å². The Kier molecular flexibility index (Phi) is 10.0. The van der Waals surface area contributed by atoms with Crippen molar-refractivity contribution in [2.75, 3.05) is 9.62 Å². The Balaban J connectivity index is 1.32. The van der Waals surface area contributed by atoms with Gasteiger partial charge >= 0.3 is 0 Å². The summed E-state index contributed by atoms with van der Waals surface area (Å²) in [5.41, 5.74) is 2.68. The fourth-order valence-electron chi connectivity index (χ4n) is 4.45. The summed E-state index contributed by atoms with van der Waals surface area (Å²) in [5.74, 6) is -0.444. The first-order chi connectivity index (χ1) is 19.2. The number of carbonyl (C=O) groups excluding carboxylic acids is 2. The maximum absolute atomic E-state index is 12.8. The van der Waals surface area contributed by atoms with E-state index in [1.807, 2.05) is 77.6 Å². The van der Waals surface area contributed by atoms with Crippen LogP contribution < -0.4 is 19.5 Å². The van der Waals surface area contributed by atoms with Crippen LogP contribution in [0, 0.1) is 0 Å². The van der Waals surface area contributed by atoms with E-state index in [1.165, 1.54) is 4.31 Å². The van der Waals surface area contributed by atoms with Crippen molar-refractivity contribution < 1.29 is 22.9 Å². The van der Waals surface area contributed by atoms with Crippen molar-refractivity contribution >= 4 is 61.2 Å². The Hall–Kier alpha value is -3.60. The fourth-order valence-corrected chi connectivity index (χ4v) is 5.58. The molecule has 0 fully saturated rings. The van der Waals surface area contributed by atoms with Crippen LogP contribution >= 0.6 is 15.9 Å². The van der Waals surface area contributed by atoms with Crippen molar-refractivity contribution in [1.82, 2.24) is 5.32 Å². The van der Waals surface area contributed by atoms with Crippen LogP contribution in [0.5, 0.6) is 0 Å². The Bertz CT molecular complexity index is 1530. The highest BCUT2D eigenvalue weighted by Crippen LogP contribution is 2.24. The molecule has 0 aliphatic heterocycles. The molecule has 2 unspecified atom stereocenters. The van der Waals surface area contributed by atoms with Crippen LogP contribution in [0.25, 0.3) is 10.8 Å². The van der Waals surface area contributed by atoms with Gasteiger partial charge in [-0.2, -0.15) is 0 Å². The normalized spacial score (nSPS) is 12.5. The van der Waals surface area contributed by atoms with Crippen LogP contribution in [0.3, 0.4) is 0 Å². The first kappa shape index (κ1) is 29.4. The topological polar surface area (TPSA) is 103 Å². The number of nitrogens with zero attached hydrogens (tertiary/aromatic N) is 2. The molecular formula is C30H32BrN4O4S+. The van der Waals surface area contributed by atoms with Crippen molar-refractivity contribution in [3.8, 4) is 0 Å². The maximum atomic E-state index is 12.8. The number of halogens is 1. The van der Waals surface area contributed by atoms with Crippen molar-refractivity contribution in [2.45, 2.75) is 45.8 Å². The number of amides is 2. The third-order valence-corrected chi connectivity index (χ3v) is 7.66. The molecule has 0 saturated carbocycles. The summed E-state index contributed by atoms with van der Waals surface area (Å²) in [6.45, 7) is 4.57. The van der Waals surface area contributed by atoms with Gasteiger partial charge in [0.25, 0.3) is 17.2 Å². The van der Waals surface area contributed by atoms with Gasteiger partial charge in [0.1, 0.15) is 18.3 Å². The smallest absolute Gasteiger partial charge is 0.263 e. The third kappa shape index (κ3) is 7.74. The number of fused-ring (bicyclic) bond motifs is 1. The van der Waals surface area contributed by atoms with Crippen LogP contribution in [0.4, 0.5) is 11.4 Å². The molecule has 208 valence electrons. The Morgan fingerprint density at radius 2 is 1.75 bits per heavy atom. The van der Waals surface area contributed by atoms with Gasteiger partial charge in [-0.15, -0.1) is 0 Å². The average Bonchev–Trinajstić information content (AvgIpc) is 2.92. The van der Waals surface area contributed by atoms with Gasteiger partial charge in [-0.25, -0.2) is 13.1 Å². The number of hydrogen-bond acceptors (Lipinski definition) is 3. The van der Waals surface area contributed by atoms with E-state index >= 15 is 0 Å². The van der Waals surface area contributed by atoms with Gasteiger partial charge in [-0.1, -0.05) is 49.4 Å². The molecule has 0 saturated heterocycles. The predicted octanol–water partition coefficient (Wildman–Crippen LogP) is 5.59. The van der Waals surface area contributed by atoms with Gasteiger partial charge in [-0.3, -0.25) is 14.1 Å². The SMILES string of the molecule is CCC[n+]1cc(Br)cc(C(=O)Nc2ccc(CCC(=O)NC(C)N(c3ccc4ccccc4c3)S(=O)O)cc2)c1. The number of hydrogen-bond donors (Lipinski definition) is 3. The second-order valence-electron chi connectivity index (χ2n) is 9.46. The largest absolute Gasteiger partial charge is 0.335 e. The lowest BCUT2D eigenvalue weighted by Crippen LogP contribution is -2.47. The minimum Gasteiger partial charge on any atom is -0.335 e. The molecule has 40 heavy (non-hydrogen) atoms. The number of carbonyl (C=O) groups is 2. The molecule has 0 aliphatic rings. The maximum Gasteiger partial charge on any atom is 0.263 e. The molecule has 3 aromatic carbocycles. The predicted molar refractivity (Wildman–Crippen MR) is 162 cm³/mol. The summed E-state index contributed by atoms with van der Waals surface area (Å²) >= 11 is 1.13. The Labute approximate surface area is 245 Å². The van der Waals surface area contributed by atoms with E-state index in [9.17, 15) is 18.4 Å². The van der Waals surface area contributed by atoms with Crippen molar-refractivity contribution in [3.05, 3.63) is 101 Å². The van der Waals surface area contributed by atoms with Gasteiger partial charge in [0.05, 0.1) is 10.2 Å². The standard InChI is InChI=1S/C30H31BrN4O4S/c1-3-16-34-19-25(17-26(31)20-34)30(37)33-27-12-8-22(9-13-27)10-15-29(36)32-21(2)35(40(38)39)28-14-11-23-6-4-5-7-24(23)18-28/h4-9,11-14,17-21H,3,10,15-16H2,1-2H3,(H2-,32,33,36,37,38,39)/p+1. The summed E-state index contributed by atoms with van der Waals surface area (Å²) in [5, 5.41) is 7.69. The first-order valence-electron chi connectivity index (χ1n) is 13.0. The highest BCUT2D eigenvalue weighted by Gasteiger charge is 2.22. The first-order valence-corrected chi connectivity index (χ1v) is 14.9. The molecule has 0 aliphatic carbocycles. The van der Waals surface area contributed by atoms with Crippen molar-refractivity contribution in [3.63, 3.8) is 0 Å². The molecule has 10 heteroatoms. The molecule has 3 N–H and O–H groups in total. The van der Waals surface area contributed by atoms with E-state index < -0.39 is 17.4 Å². The number of anilines is 2. The molecule has 2 atom stereocenters. The Morgan fingerprint density at radius 3 is 2.45 bits per heavy atom. The van der Waals surface area contributed by atoms with Crippen LogP contribution in [0.1, 0.15) is 42.6 Å². The van der Waals surface area contributed by atoms with E-state index in [4.69, 9.17) is 0 Å². The lowest BCUT2D eigenvalue weighted by molar-refractivity contribution is -0.697. The summed E-state index contributed by atoms with van der Waals surface area (Å²) in [7, 11) is 0. The van der Waals surface area contributed by atoms with Gasteiger partial charge in [0.2, 0.25) is 5.91 Å². The molecule has 8 nitrogen and oxygen atoms in total. The quantitative estimate of drug-likeness (QED) is 0.115.